The highest BCUT2D eigenvalue weighted by atomic mass is 16.5. The van der Waals surface area contributed by atoms with Crippen LogP contribution in [0.2, 0.25) is 0 Å². The van der Waals surface area contributed by atoms with Crippen LogP contribution in [-0.4, -0.2) is 24.3 Å². The van der Waals surface area contributed by atoms with Crippen molar-refractivity contribution in [1.82, 2.24) is 5.32 Å². The normalized spacial score (nSPS) is 43.4. The highest BCUT2D eigenvalue weighted by Gasteiger charge is 2.43. The molecule has 1 unspecified atom stereocenters. The van der Waals surface area contributed by atoms with Crippen molar-refractivity contribution in [1.29, 1.82) is 0 Å². The van der Waals surface area contributed by atoms with Crippen molar-refractivity contribution in [3.05, 3.63) is 0 Å². The molecule has 3 aliphatic rings. The summed E-state index contributed by atoms with van der Waals surface area (Å²) in [5, 5.41) is 3.83. The highest BCUT2D eigenvalue weighted by molar-refractivity contribution is 4.97. The third-order valence-corrected chi connectivity index (χ3v) is 4.60. The van der Waals surface area contributed by atoms with E-state index >= 15 is 0 Å². The monoisotopic (exact) mass is 209 g/mol. The van der Waals surface area contributed by atoms with Gasteiger partial charge in [-0.05, 0) is 50.9 Å². The highest BCUT2D eigenvalue weighted by Crippen LogP contribution is 2.42. The molecular weight excluding hydrogens is 186 g/mol. The van der Waals surface area contributed by atoms with Crippen molar-refractivity contribution in [3.8, 4) is 0 Å². The summed E-state index contributed by atoms with van der Waals surface area (Å²) in [7, 11) is 0. The van der Waals surface area contributed by atoms with Gasteiger partial charge in [-0.15, -0.1) is 0 Å². The molecule has 0 bridgehead atoms. The number of nitrogens with one attached hydrogen (secondary N) is 1. The Kier molecular flexibility index (Phi) is 2.52. The molecular formula is C13H23NO. The van der Waals surface area contributed by atoms with Crippen molar-refractivity contribution in [2.45, 2.75) is 69.6 Å². The van der Waals surface area contributed by atoms with Gasteiger partial charge in [-0.1, -0.05) is 6.92 Å². The lowest BCUT2D eigenvalue weighted by Gasteiger charge is -2.49. The molecule has 1 saturated heterocycles. The second kappa shape index (κ2) is 3.74. The first-order valence-corrected chi connectivity index (χ1v) is 6.66. The summed E-state index contributed by atoms with van der Waals surface area (Å²) < 4.78 is 5.95. The first kappa shape index (κ1) is 10.1. The largest absolute Gasteiger partial charge is 0.375 e. The Balaban J connectivity index is 1.49. The maximum Gasteiger partial charge on any atom is 0.0697 e. The summed E-state index contributed by atoms with van der Waals surface area (Å²) in [4.78, 5) is 0. The third kappa shape index (κ3) is 1.94. The fourth-order valence-electron chi connectivity index (χ4n) is 3.46. The average molecular weight is 209 g/mol. The maximum atomic E-state index is 5.95. The molecule has 1 N–H and O–H groups in total. The predicted octanol–water partition coefficient (Wildman–Crippen LogP) is 2.48. The quantitative estimate of drug-likeness (QED) is 0.754. The van der Waals surface area contributed by atoms with E-state index in [4.69, 9.17) is 4.74 Å². The van der Waals surface area contributed by atoms with Gasteiger partial charge in [-0.2, -0.15) is 0 Å². The van der Waals surface area contributed by atoms with Gasteiger partial charge < -0.3 is 10.1 Å². The Morgan fingerprint density at radius 2 is 2.00 bits per heavy atom. The SMILES string of the molecule is CC1CC(NC2CCOC3(CCC3)C2)C1. The zero-order valence-electron chi connectivity index (χ0n) is 9.80. The minimum atomic E-state index is 0.311. The van der Waals surface area contributed by atoms with Crippen molar-refractivity contribution in [2.24, 2.45) is 5.92 Å². The molecule has 1 spiro atoms. The number of hydrogen-bond donors (Lipinski definition) is 1. The number of ether oxygens (including phenoxy) is 1. The van der Waals surface area contributed by atoms with Crippen LogP contribution in [0.1, 0.15) is 51.9 Å². The lowest BCUT2D eigenvalue weighted by atomic mass is 9.73. The molecule has 3 fully saturated rings. The first-order chi connectivity index (χ1) is 7.26. The van der Waals surface area contributed by atoms with Crippen LogP contribution in [-0.2, 0) is 4.74 Å². The first-order valence-electron chi connectivity index (χ1n) is 6.66. The predicted molar refractivity (Wildman–Crippen MR) is 60.9 cm³/mol. The van der Waals surface area contributed by atoms with E-state index in [-0.39, 0.29) is 0 Å². The summed E-state index contributed by atoms with van der Waals surface area (Å²) in [6.07, 6.45) is 9.30. The molecule has 0 radical (unpaired) electrons. The van der Waals surface area contributed by atoms with Gasteiger partial charge in [0.25, 0.3) is 0 Å². The van der Waals surface area contributed by atoms with Crippen LogP contribution in [0, 0.1) is 5.92 Å². The Morgan fingerprint density at radius 1 is 1.20 bits per heavy atom. The molecule has 1 heterocycles. The average Bonchev–Trinajstić information content (AvgIpc) is 2.14. The smallest absolute Gasteiger partial charge is 0.0697 e. The molecule has 0 aromatic rings. The van der Waals surface area contributed by atoms with E-state index in [1.165, 1.54) is 44.9 Å². The lowest BCUT2D eigenvalue weighted by molar-refractivity contribution is -0.137. The molecule has 2 nitrogen and oxygen atoms in total. The van der Waals surface area contributed by atoms with Gasteiger partial charge in [0.2, 0.25) is 0 Å². The van der Waals surface area contributed by atoms with Crippen LogP contribution in [0.15, 0.2) is 0 Å². The van der Waals surface area contributed by atoms with Crippen molar-refractivity contribution < 1.29 is 4.74 Å². The van der Waals surface area contributed by atoms with Crippen LogP contribution in [0.4, 0.5) is 0 Å². The molecule has 3 rings (SSSR count). The summed E-state index contributed by atoms with van der Waals surface area (Å²) >= 11 is 0. The molecule has 0 amide bonds. The van der Waals surface area contributed by atoms with Gasteiger partial charge in [0, 0.05) is 18.7 Å². The summed E-state index contributed by atoms with van der Waals surface area (Å²) in [6, 6.07) is 1.57. The molecule has 1 aliphatic heterocycles. The zero-order chi connectivity index (χ0) is 10.3. The van der Waals surface area contributed by atoms with Crippen LogP contribution < -0.4 is 5.32 Å². The van der Waals surface area contributed by atoms with Gasteiger partial charge >= 0.3 is 0 Å². The summed E-state index contributed by atoms with van der Waals surface area (Å²) in [6.45, 7) is 3.34. The molecule has 2 saturated carbocycles. The Labute approximate surface area is 92.8 Å². The molecule has 0 aromatic heterocycles. The zero-order valence-corrected chi connectivity index (χ0v) is 9.80. The van der Waals surface area contributed by atoms with Gasteiger partial charge in [-0.25, -0.2) is 0 Å². The maximum absolute atomic E-state index is 5.95. The second-order valence-electron chi connectivity index (χ2n) is 6.01. The molecule has 15 heavy (non-hydrogen) atoms. The van der Waals surface area contributed by atoms with Gasteiger partial charge in [-0.3, -0.25) is 0 Å². The van der Waals surface area contributed by atoms with Gasteiger partial charge in [0.05, 0.1) is 5.60 Å². The number of hydrogen-bond acceptors (Lipinski definition) is 2. The number of rotatable bonds is 2. The Hall–Kier alpha value is -0.0800. The van der Waals surface area contributed by atoms with E-state index in [2.05, 4.69) is 12.2 Å². The molecule has 2 aliphatic carbocycles. The molecule has 1 atom stereocenters. The third-order valence-electron chi connectivity index (χ3n) is 4.60. The van der Waals surface area contributed by atoms with Crippen LogP contribution in [0.3, 0.4) is 0 Å². The van der Waals surface area contributed by atoms with Crippen LogP contribution >= 0.6 is 0 Å². The summed E-state index contributed by atoms with van der Waals surface area (Å²) in [5.41, 5.74) is 0.311. The van der Waals surface area contributed by atoms with E-state index in [9.17, 15) is 0 Å². The van der Waals surface area contributed by atoms with Crippen LogP contribution in [0.5, 0.6) is 0 Å². The van der Waals surface area contributed by atoms with Crippen molar-refractivity contribution in [3.63, 3.8) is 0 Å². The fourth-order valence-corrected chi connectivity index (χ4v) is 3.46. The topological polar surface area (TPSA) is 21.3 Å². The fraction of sp³-hybridized carbons (Fsp3) is 1.00. The van der Waals surface area contributed by atoms with Gasteiger partial charge in [0.15, 0.2) is 0 Å². The summed E-state index contributed by atoms with van der Waals surface area (Å²) in [5.74, 6) is 0.958. The molecule has 86 valence electrons. The minimum absolute atomic E-state index is 0.311. The Morgan fingerprint density at radius 3 is 2.60 bits per heavy atom. The van der Waals surface area contributed by atoms with Crippen molar-refractivity contribution in [2.75, 3.05) is 6.61 Å². The molecule has 2 heteroatoms. The van der Waals surface area contributed by atoms with E-state index in [0.717, 1.165) is 24.6 Å². The molecule has 0 aromatic carbocycles. The standard InChI is InChI=1S/C13H23NO/c1-10-7-12(8-10)14-11-3-6-15-13(9-11)4-2-5-13/h10-12,14H,2-9H2,1H3. The Bertz CT molecular complexity index is 231. The second-order valence-corrected chi connectivity index (χ2v) is 6.01. The van der Waals surface area contributed by atoms with E-state index in [1.807, 2.05) is 0 Å². The van der Waals surface area contributed by atoms with E-state index in [1.54, 1.807) is 0 Å². The minimum Gasteiger partial charge on any atom is -0.375 e. The van der Waals surface area contributed by atoms with Gasteiger partial charge in [0.1, 0.15) is 0 Å². The van der Waals surface area contributed by atoms with E-state index in [0.29, 0.717) is 5.60 Å². The van der Waals surface area contributed by atoms with E-state index < -0.39 is 0 Å². The lowest BCUT2D eigenvalue weighted by Crippen LogP contribution is -2.54. The van der Waals surface area contributed by atoms with Crippen LogP contribution in [0.25, 0.3) is 0 Å². The van der Waals surface area contributed by atoms with Crippen molar-refractivity contribution >= 4 is 0 Å².